The normalized spacial score (nSPS) is 18.4. The molecule has 0 spiro atoms. The Morgan fingerprint density at radius 1 is 1.39 bits per heavy atom. The third kappa shape index (κ3) is 2.85. The standard InChI is InChI=1S/C13H15NO3S/c1-17-13(16)9-5-2-3-6-10(9)14-12(15)11-7-4-8-18-11/h2-3,5-6,11H,4,7-8H2,1H3,(H,14,15). The Balaban J connectivity index is 2.13. The number of rotatable bonds is 3. The molecular weight excluding hydrogens is 250 g/mol. The van der Waals surface area contributed by atoms with Crippen LogP contribution in [0.15, 0.2) is 24.3 Å². The number of carbonyl (C=O) groups excluding carboxylic acids is 2. The highest BCUT2D eigenvalue weighted by molar-refractivity contribution is 8.00. The van der Waals surface area contributed by atoms with Gasteiger partial charge in [0, 0.05) is 0 Å². The maximum Gasteiger partial charge on any atom is 0.339 e. The summed E-state index contributed by atoms with van der Waals surface area (Å²) in [5.41, 5.74) is 0.901. The highest BCUT2D eigenvalue weighted by Gasteiger charge is 2.24. The van der Waals surface area contributed by atoms with Crippen LogP contribution >= 0.6 is 11.8 Å². The minimum absolute atomic E-state index is 0.00398. The van der Waals surface area contributed by atoms with Gasteiger partial charge < -0.3 is 10.1 Å². The van der Waals surface area contributed by atoms with E-state index >= 15 is 0 Å². The zero-order valence-corrected chi connectivity index (χ0v) is 11.0. The topological polar surface area (TPSA) is 55.4 Å². The number of thioether (sulfide) groups is 1. The van der Waals surface area contributed by atoms with E-state index in [-0.39, 0.29) is 11.2 Å². The number of methoxy groups -OCH3 is 1. The first kappa shape index (κ1) is 13.0. The van der Waals surface area contributed by atoms with E-state index in [2.05, 4.69) is 10.1 Å². The maximum absolute atomic E-state index is 12.0. The van der Waals surface area contributed by atoms with Crippen LogP contribution in [0, 0.1) is 0 Å². The predicted octanol–water partition coefficient (Wildman–Crippen LogP) is 2.31. The van der Waals surface area contributed by atoms with Crippen molar-refractivity contribution in [2.45, 2.75) is 18.1 Å². The molecule has 18 heavy (non-hydrogen) atoms. The first-order valence-electron chi connectivity index (χ1n) is 5.82. The number of anilines is 1. The van der Waals surface area contributed by atoms with Crippen LogP contribution in [-0.2, 0) is 9.53 Å². The maximum atomic E-state index is 12.0. The van der Waals surface area contributed by atoms with Crippen LogP contribution in [0.2, 0.25) is 0 Å². The first-order chi connectivity index (χ1) is 8.72. The molecule has 1 atom stereocenters. The van der Waals surface area contributed by atoms with Crippen LogP contribution in [0.25, 0.3) is 0 Å². The molecule has 1 aromatic rings. The van der Waals surface area contributed by atoms with Gasteiger partial charge in [0.05, 0.1) is 23.6 Å². The Kier molecular flexibility index (Phi) is 4.25. The van der Waals surface area contributed by atoms with Crippen LogP contribution in [0.5, 0.6) is 0 Å². The lowest BCUT2D eigenvalue weighted by Crippen LogP contribution is -2.24. The SMILES string of the molecule is COC(=O)c1ccccc1NC(=O)C1CCCS1. The Morgan fingerprint density at radius 3 is 2.83 bits per heavy atom. The summed E-state index contributed by atoms with van der Waals surface area (Å²) in [5.74, 6) is 0.551. The number of hydrogen-bond donors (Lipinski definition) is 1. The molecular formula is C13H15NO3S. The molecule has 0 aliphatic carbocycles. The van der Waals surface area contributed by atoms with Crippen molar-refractivity contribution in [3.05, 3.63) is 29.8 Å². The van der Waals surface area contributed by atoms with Crippen molar-refractivity contribution in [1.82, 2.24) is 0 Å². The molecule has 1 N–H and O–H groups in total. The van der Waals surface area contributed by atoms with Crippen LogP contribution in [0.4, 0.5) is 5.69 Å². The molecule has 5 heteroatoms. The molecule has 0 saturated carbocycles. The third-order valence-corrected chi connectivity index (χ3v) is 4.19. The Labute approximate surface area is 110 Å². The molecule has 1 saturated heterocycles. The van der Waals surface area contributed by atoms with Crippen LogP contribution in [0.1, 0.15) is 23.2 Å². The molecule has 4 nitrogen and oxygen atoms in total. The number of benzene rings is 1. The summed E-state index contributed by atoms with van der Waals surface area (Å²) >= 11 is 1.66. The largest absolute Gasteiger partial charge is 0.465 e. The quantitative estimate of drug-likeness (QED) is 0.852. The van der Waals surface area contributed by atoms with Gasteiger partial charge in [-0.1, -0.05) is 12.1 Å². The average Bonchev–Trinajstić information content (AvgIpc) is 2.92. The van der Waals surface area contributed by atoms with E-state index < -0.39 is 5.97 Å². The molecule has 0 aromatic heterocycles. The molecule has 0 bridgehead atoms. The molecule has 1 fully saturated rings. The molecule has 2 rings (SSSR count). The number of carbonyl (C=O) groups is 2. The van der Waals surface area contributed by atoms with Gasteiger partial charge in [-0.15, -0.1) is 11.8 Å². The Morgan fingerprint density at radius 2 is 2.17 bits per heavy atom. The number of esters is 1. The van der Waals surface area contributed by atoms with Gasteiger partial charge in [0.15, 0.2) is 0 Å². The van der Waals surface area contributed by atoms with Gasteiger partial charge in [0.1, 0.15) is 0 Å². The predicted molar refractivity (Wildman–Crippen MR) is 71.9 cm³/mol. The summed E-state index contributed by atoms with van der Waals surface area (Å²) in [6, 6.07) is 6.88. The van der Waals surface area contributed by atoms with Crippen molar-refractivity contribution in [3.8, 4) is 0 Å². The summed E-state index contributed by atoms with van der Waals surface area (Å²) < 4.78 is 4.69. The van der Waals surface area contributed by atoms with Gasteiger partial charge in [0.25, 0.3) is 0 Å². The van der Waals surface area contributed by atoms with Crippen molar-refractivity contribution in [3.63, 3.8) is 0 Å². The fraction of sp³-hybridized carbons (Fsp3) is 0.385. The molecule has 0 radical (unpaired) electrons. The van der Waals surface area contributed by atoms with Crippen LogP contribution in [0.3, 0.4) is 0 Å². The second kappa shape index (κ2) is 5.91. The summed E-state index contributed by atoms with van der Waals surface area (Å²) in [6.45, 7) is 0. The van der Waals surface area contributed by atoms with E-state index in [0.29, 0.717) is 11.3 Å². The monoisotopic (exact) mass is 265 g/mol. The molecule has 1 heterocycles. The van der Waals surface area contributed by atoms with Gasteiger partial charge in [-0.25, -0.2) is 4.79 Å². The average molecular weight is 265 g/mol. The summed E-state index contributed by atoms with van der Waals surface area (Å²) in [5, 5.41) is 2.80. The lowest BCUT2D eigenvalue weighted by molar-refractivity contribution is -0.115. The summed E-state index contributed by atoms with van der Waals surface area (Å²) in [6.07, 6.45) is 1.97. The van der Waals surface area contributed by atoms with Gasteiger partial charge in [-0.05, 0) is 30.7 Å². The van der Waals surface area contributed by atoms with Gasteiger partial charge >= 0.3 is 5.97 Å². The van der Waals surface area contributed by atoms with Crippen molar-refractivity contribution in [1.29, 1.82) is 0 Å². The van der Waals surface area contributed by atoms with Crippen LogP contribution < -0.4 is 5.32 Å². The third-order valence-electron chi connectivity index (χ3n) is 2.81. The van der Waals surface area contributed by atoms with Gasteiger partial charge in [-0.3, -0.25) is 4.79 Å². The molecule has 1 aromatic carbocycles. The molecule has 1 amide bonds. The van der Waals surface area contributed by atoms with Crippen molar-refractivity contribution < 1.29 is 14.3 Å². The second-order valence-electron chi connectivity index (χ2n) is 4.03. The fourth-order valence-electron chi connectivity index (χ4n) is 1.88. The van der Waals surface area contributed by atoms with E-state index in [1.165, 1.54) is 7.11 Å². The fourth-order valence-corrected chi connectivity index (χ4v) is 3.04. The van der Waals surface area contributed by atoms with Crippen LogP contribution in [-0.4, -0.2) is 30.0 Å². The zero-order chi connectivity index (χ0) is 13.0. The van der Waals surface area contributed by atoms with Crippen molar-refractivity contribution >= 4 is 29.3 Å². The summed E-state index contributed by atoms with van der Waals surface area (Å²) in [7, 11) is 1.33. The smallest absolute Gasteiger partial charge is 0.339 e. The van der Waals surface area contributed by atoms with Crippen molar-refractivity contribution in [2.24, 2.45) is 0 Å². The zero-order valence-electron chi connectivity index (χ0n) is 10.1. The van der Waals surface area contributed by atoms with Gasteiger partial charge in [-0.2, -0.15) is 0 Å². The lowest BCUT2D eigenvalue weighted by atomic mass is 10.1. The number of ether oxygens (including phenoxy) is 1. The highest BCUT2D eigenvalue weighted by Crippen LogP contribution is 2.27. The minimum atomic E-state index is -0.440. The second-order valence-corrected chi connectivity index (χ2v) is 5.34. The van der Waals surface area contributed by atoms with Crippen molar-refractivity contribution in [2.75, 3.05) is 18.2 Å². The lowest BCUT2D eigenvalue weighted by Gasteiger charge is -2.12. The molecule has 1 aliphatic rings. The summed E-state index contributed by atoms with van der Waals surface area (Å²) in [4.78, 5) is 23.6. The molecule has 1 aliphatic heterocycles. The van der Waals surface area contributed by atoms with E-state index in [0.717, 1.165) is 18.6 Å². The van der Waals surface area contributed by atoms with E-state index in [1.807, 2.05) is 0 Å². The van der Waals surface area contributed by atoms with E-state index in [1.54, 1.807) is 36.0 Å². The highest BCUT2D eigenvalue weighted by atomic mass is 32.2. The number of para-hydroxylation sites is 1. The minimum Gasteiger partial charge on any atom is -0.465 e. The van der Waals surface area contributed by atoms with E-state index in [9.17, 15) is 9.59 Å². The Hall–Kier alpha value is -1.49. The Bertz CT molecular complexity index is 455. The molecule has 1 unspecified atom stereocenters. The van der Waals surface area contributed by atoms with E-state index in [4.69, 9.17) is 0 Å². The molecule has 96 valence electrons. The van der Waals surface area contributed by atoms with Gasteiger partial charge in [0.2, 0.25) is 5.91 Å². The number of amides is 1. The number of hydrogen-bond acceptors (Lipinski definition) is 4. The first-order valence-corrected chi connectivity index (χ1v) is 6.87. The number of nitrogens with one attached hydrogen (secondary N) is 1.